The van der Waals surface area contributed by atoms with Gasteiger partial charge in [0.05, 0.1) is 29.1 Å². The Morgan fingerprint density at radius 3 is 2.46 bits per heavy atom. The molecule has 0 saturated heterocycles. The molecule has 0 aliphatic heterocycles. The first-order valence-corrected chi connectivity index (χ1v) is 8.24. The largest absolute Gasteiger partial charge is 0.462 e. The zero-order valence-corrected chi connectivity index (χ0v) is 15.3. The summed E-state index contributed by atoms with van der Waals surface area (Å²) in [6.45, 7) is 3.86. The highest BCUT2D eigenvalue weighted by Crippen LogP contribution is 2.31. The lowest BCUT2D eigenvalue weighted by Gasteiger charge is -2.06. The maximum Gasteiger partial charge on any atom is 0.341 e. The number of aromatic nitrogens is 1. The molecule has 6 heteroatoms. The van der Waals surface area contributed by atoms with Crippen LogP contribution >= 0.6 is 15.9 Å². The number of halogens is 1. The van der Waals surface area contributed by atoms with Gasteiger partial charge in [-0.2, -0.15) is 5.26 Å². The van der Waals surface area contributed by atoms with Crippen molar-refractivity contribution in [2.75, 3.05) is 6.61 Å². The van der Waals surface area contributed by atoms with E-state index < -0.39 is 5.97 Å². The van der Waals surface area contributed by atoms with Crippen LogP contribution in [0.25, 0.3) is 0 Å². The van der Waals surface area contributed by atoms with Crippen LogP contribution in [0.4, 0.5) is 0 Å². The number of ether oxygens (including phenoxy) is 1. The molecule has 2 rings (SSSR count). The van der Waals surface area contributed by atoms with Crippen LogP contribution < -0.4 is 0 Å². The molecule has 0 amide bonds. The summed E-state index contributed by atoms with van der Waals surface area (Å²) in [5, 5.41) is 9.05. The van der Waals surface area contributed by atoms with Gasteiger partial charge in [0, 0.05) is 18.3 Å². The molecular weight excluding hydrogens is 372 g/mol. The Kier molecular flexibility index (Phi) is 5.58. The fourth-order valence-corrected chi connectivity index (χ4v) is 3.32. The van der Waals surface area contributed by atoms with Crippen LogP contribution in [0.5, 0.6) is 0 Å². The standard InChI is InChI=1S/C18H17BrN2O3/c1-4-24-18(23)14-13(9-10-20)21(3)16(15(14)19)17(22)12-7-5-11(2)6-8-12/h5-8H,4,9H2,1-3H3. The van der Waals surface area contributed by atoms with Gasteiger partial charge >= 0.3 is 5.97 Å². The highest BCUT2D eigenvalue weighted by molar-refractivity contribution is 9.10. The Bertz CT molecular complexity index is 829. The molecule has 0 spiro atoms. The molecule has 124 valence electrons. The Labute approximate surface area is 149 Å². The van der Waals surface area contributed by atoms with Crippen LogP contribution in [0.3, 0.4) is 0 Å². The second-order valence-electron chi connectivity index (χ2n) is 5.29. The maximum absolute atomic E-state index is 12.9. The SMILES string of the molecule is CCOC(=O)c1c(Br)c(C(=O)c2ccc(C)cc2)n(C)c1CC#N. The number of aryl methyl sites for hydroxylation is 1. The molecule has 0 N–H and O–H groups in total. The van der Waals surface area contributed by atoms with Gasteiger partial charge in [0.2, 0.25) is 5.78 Å². The van der Waals surface area contributed by atoms with E-state index in [-0.39, 0.29) is 24.4 Å². The highest BCUT2D eigenvalue weighted by Gasteiger charge is 2.29. The van der Waals surface area contributed by atoms with E-state index in [1.807, 2.05) is 25.1 Å². The summed E-state index contributed by atoms with van der Waals surface area (Å²) in [4.78, 5) is 25.1. The Hall–Kier alpha value is -2.39. The van der Waals surface area contributed by atoms with Crippen LogP contribution in [0, 0.1) is 18.3 Å². The van der Waals surface area contributed by atoms with Gasteiger partial charge in [0.1, 0.15) is 5.69 Å². The van der Waals surface area contributed by atoms with Crippen LogP contribution in [-0.4, -0.2) is 22.9 Å². The van der Waals surface area contributed by atoms with E-state index in [0.29, 0.717) is 21.4 Å². The fourth-order valence-electron chi connectivity index (χ4n) is 2.48. The topological polar surface area (TPSA) is 72.1 Å². The minimum atomic E-state index is -0.548. The molecule has 2 aromatic rings. The molecule has 0 saturated carbocycles. The van der Waals surface area contributed by atoms with E-state index in [1.54, 1.807) is 30.7 Å². The Morgan fingerprint density at radius 1 is 1.29 bits per heavy atom. The summed E-state index contributed by atoms with van der Waals surface area (Å²) in [7, 11) is 1.67. The highest BCUT2D eigenvalue weighted by atomic mass is 79.9. The lowest BCUT2D eigenvalue weighted by Crippen LogP contribution is -2.10. The molecule has 1 aromatic carbocycles. The number of hydrogen-bond acceptors (Lipinski definition) is 4. The minimum Gasteiger partial charge on any atom is -0.462 e. The van der Waals surface area contributed by atoms with Crippen molar-refractivity contribution in [2.45, 2.75) is 20.3 Å². The summed E-state index contributed by atoms with van der Waals surface area (Å²) in [5.41, 5.74) is 2.58. The van der Waals surface area contributed by atoms with Gasteiger partial charge in [-0.3, -0.25) is 4.79 Å². The number of hydrogen-bond donors (Lipinski definition) is 0. The Balaban J connectivity index is 2.60. The van der Waals surface area contributed by atoms with Gasteiger partial charge in [-0.25, -0.2) is 4.79 Å². The van der Waals surface area contributed by atoms with Gasteiger partial charge in [-0.1, -0.05) is 29.8 Å². The summed E-state index contributed by atoms with van der Waals surface area (Å²) in [6, 6.07) is 9.22. The van der Waals surface area contributed by atoms with Crippen LogP contribution in [0.2, 0.25) is 0 Å². The van der Waals surface area contributed by atoms with E-state index >= 15 is 0 Å². The van der Waals surface area contributed by atoms with Crippen molar-refractivity contribution in [3.05, 3.63) is 56.8 Å². The van der Waals surface area contributed by atoms with Gasteiger partial charge in [0.15, 0.2) is 0 Å². The third kappa shape index (κ3) is 3.26. The molecule has 0 bridgehead atoms. The maximum atomic E-state index is 12.9. The van der Waals surface area contributed by atoms with Crippen molar-refractivity contribution in [2.24, 2.45) is 7.05 Å². The zero-order chi connectivity index (χ0) is 17.9. The first-order chi connectivity index (χ1) is 11.4. The third-order valence-corrected chi connectivity index (χ3v) is 4.48. The van der Waals surface area contributed by atoms with E-state index in [1.165, 1.54) is 0 Å². The van der Waals surface area contributed by atoms with Gasteiger partial charge in [-0.15, -0.1) is 0 Å². The van der Waals surface area contributed by atoms with Crippen LogP contribution in [0.15, 0.2) is 28.7 Å². The first-order valence-electron chi connectivity index (χ1n) is 7.44. The lowest BCUT2D eigenvalue weighted by atomic mass is 10.1. The number of benzene rings is 1. The number of rotatable bonds is 5. The number of nitriles is 1. The van der Waals surface area contributed by atoms with Crippen molar-refractivity contribution in [1.29, 1.82) is 5.26 Å². The van der Waals surface area contributed by atoms with Crippen molar-refractivity contribution in [3.8, 4) is 6.07 Å². The number of nitrogens with zero attached hydrogens (tertiary/aromatic N) is 2. The summed E-state index contributed by atoms with van der Waals surface area (Å²) < 4.78 is 7.01. The molecule has 5 nitrogen and oxygen atoms in total. The average molecular weight is 389 g/mol. The zero-order valence-electron chi connectivity index (χ0n) is 13.7. The summed E-state index contributed by atoms with van der Waals surface area (Å²) in [6.07, 6.45) is 0.00439. The van der Waals surface area contributed by atoms with E-state index in [2.05, 4.69) is 15.9 Å². The fraction of sp³-hybridized carbons (Fsp3) is 0.278. The van der Waals surface area contributed by atoms with Gasteiger partial charge in [-0.05, 0) is 29.8 Å². The first kappa shape index (κ1) is 18.0. The monoisotopic (exact) mass is 388 g/mol. The van der Waals surface area contributed by atoms with E-state index in [9.17, 15) is 9.59 Å². The molecule has 1 aromatic heterocycles. The van der Waals surface area contributed by atoms with Crippen LogP contribution in [-0.2, 0) is 18.2 Å². The number of ketones is 1. The number of esters is 1. The minimum absolute atomic E-state index is 0.00439. The van der Waals surface area contributed by atoms with Crippen molar-refractivity contribution < 1.29 is 14.3 Å². The molecular formula is C18H17BrN2O3. The molecule has 0 radical (unpaired) electrons. The van der Waals surface area contributed by atoms with Crippen molar-refractivity contribution in [1.82, 2.24) is 4.57 Å². The van der Waals surface area contributed by atoms with Crippen molar-refractivity contribution in [3.63, 3.8) is 0 Å². The van der Waals surface area contributed by atoms with Crippen molar-refractivity contribution >= 4 is 27.7 Å². The Morgan fingerprint density at radius 2 is 1.92 bits per heavy atom. The smallest absolute Gasteiger partial charge is 0.341 e. The molecule has 0 fully saturated rings. The number of carbonyl (C=O) groups is 2. The normalized spacial score (nSPS) is 10.3. The summed E-state index contributed by atoms with van der Waals surface area (Å²) in [5.74, 6) is -0.771. The second-order valence-corrected chi connectivity index (χ2v) is 6.09. The van der Waals surface area contributed by atoms with Crippen LogP contribution in [0.1, 0.15) is 44.6 Å². The van der Waals surface area contributed by atoms with Gasteiger partial charge < -0.3 is 9.30 Å². The summed E-state index contributed by atoms with van der Waals surface area (Å²) >= 11 is 3.35. The molecule has 0 aliphatic carbocycles. The molecule has 0 atom stereocenters. The third-order valence-electron chi connectivity index (χ3n) is 3.71. The number of carbonyl (C=O) groups excluding carboxylic acids is 2. The van der Waals surface area contributed by atoms with Gasteiger partial charge in [0.25, 0.3) is 0 Å². The second kappa shape index (κ2) is 7.45. The molecule has 0 aliphatic rings. The predicted octanol–water partition coefficient (Wildman–Crippen LogP) is 3.57. The van der Waals surface area contributed by atoms with E-state index in [4.69, 9.17) is 10.00 Å². The van der Waals surface area contributed by atoms with E-state index in [0.717, 1.165) is 5.56 Å². The molecule has 0 unspecified atom stereocenters. The molecule has 1 heterocycles. The molecule has 24 heavy (non-hydrogen) atoms. The quantitative estimate of drug-likeness (QED) is 0.579. The lowest BCUT2D eigenvalue weighted by molar-refractivity contribution is 0.0524. The average Bonchev–Trinajstić information content (AvgIpc) is 2.79. The predicted molar refractivity (Wildman–Crippen MR) is 93.0 cm³/mol.